The Morgan fingerprint density at radius 2 is 2.06 bits per heavy atom. The molecule has 2 aliphatic heterocycles. The number of ether oxygens (including phenoxy) is 2. The number of hydrogen-bond donors (Lipinski definition) is 1. The number of amides is 3. The maximum atomic E-state index is 15.0. The summed E-state index contributed by atoms with van der Waals surface area (Å²) in [5.74, 6) is -0.369. The fourth-order valence-electron chi connectivity index (χ4n) is 3.91. The topological polar surface area (TPSA) is 91.4 Å². The van der Waals surface area contributed by atoms with Crippen LogP contribution in [0.15, 0.2) is 18.2 Å². The van der Waals surface area contributed by atoms with E-state index < -0.39 is 18.1 Å². The minimum Gasteiger partial charge on any atom is -0.423 e. The zero-order chi connectivity index (χ0) is 22.7. The van der Waals surface area contributed by atoms with Gasteiger partial charge in [0.25, 0.3) is 0 Å². The number of carbonyl (C=O) groups excluding carboxylic acids is 3. The van der Waals surface area contributed by atoms with E-state index in [2.05, 4.69) is 12.2 Å². The van der Waals surface area contributed by atoms with Gasteiger partial charge in [0, 0.05) is 40.7 Å². The van der Waals surface area contributed by atoms with Gasteiger partial charge in [0.1, 0.15) is 12.4 Å². The molecule has 0 spiro atoms. The summed E-state index contributed by atoms with van der Waals surface area (Å²) in [6.45, 7) is 5.40. The number of anilines is 2. The third-order valence-electron chi connectivity index (χ3n) is 5.91. The van der Waals surface area contributed by atoms with E-state index in [1.807, 2.05) is 4.90 Å². The minimum absolute atomic E-state index is 0.0168. The summed E-state index contributed by atoms with van der Waals surface area (Å²) < 4.78 is 25.0. The van der Waals surface area contributed by atoms with Gasteiger partial charge in [0.15, 0.2) is 6.23 Å². The summed E-state index contributed by atoms with van der Waals surface area (Å²) in [7, 11) is 3.02. The average molecular weight is 436 g/mol. The highest BCUT2D eigenvalue weighted by atomic mass is 19.1. The lowest BCUT2D eigenvalue weighted by molar-refractivity contribution is -0.134. The van der Waals surface area contributed by atoms with Crippen LogP contribution < -0.4 is 15.1 Å². The van der Waals surface area contributed by atoms with Crippen LogP contribution in [0.2, 0.25) is 0 Å². The monoisotopic (exact) mass is 436 g/mol. The van der Waals surface area contributed by atoms with Gasteiger partial charge in [0.05, 0.1) is 17.9 Å². The third kappa shape index (κ3) is 5.07. The Bertz CT molecular complexity index is 851. The van der Waals surface area contributed by atoms with Crippen LogP contribution >= 0.6 is 0 Å². The first-order chi connectivity index (χ1) is 14.7. The molecule has 0 bridgehead atoms. The quantitative estimate of drug-likeness (QED) is 0.695. The summed E-state index contributed by atoms with van der Waals surface area (Å²) in [4.78, 5) is 40.0. The SMILES string of the molecule is COCC(=O)NC[C@H]1CN(c2ccc(N3CC(N(C)C(C)=O)OC3=O)cc2F)C[C@@H]1C. The molecule has 1 N–H and O–H groups in total. The maximum Gasteiger partial charge on any atom is 0.416 e. The summed E-state index contributed by atoms with van der Waals surface area (Å²) in [6.07, 6.45) is -1.33. The molecule has 31 heavy (non-hydrogen) atoms. The third-order valence-corrected chi connectivity index (χ3v) is 5.91. The molecule has 0 aromatic heterocycles. The van der Waals surface area contributed by atoms with Crippen LogP contribution in [0, 0.1) is 17.7 Å². The number of benzene rings is 1. The Morgan fingerprint density at radius 3 is 2.71 bits per heavy atom. The van der Waals surface area contributed by atoms with Crippen molar-refractivity contribution in [2.75, 3.05) is 56.7 Å². The van der Waals surface area contributed by atoms with Crippen LogP contribution in [0.3, 0.4) is 0 Å². The smallest absolute Gasteiger partial charge is 0.416 e. The Morgan fingerprint density at radius 1 is 1.32 bits per heavy atom. The first-order valence-electron chi connectivity index (χ1n) is 10.2. The lowest BCUT2D eigenvalue weighted by Gasteiger charge is -2.22. The Labute approximate surface area is 181 Å². The van der Waals surface area contributed by atoms with Gasteiger partial charge in [-0.05, 0) is 30.0 Å². The first kappa shape index (κ1) is 22.8. The van der Waals surface area contributed by atoms with E-state index >= 15 is 0 Å². The zero-order valence-corrected chi connectivity index (χ0v) is 18.3. The molecule has 3 atom stereocenters. The highest BCUT2D eigenvalue weighted by Gasteiger charge is 2.37. The number of carbonyl (C=O) groups is 3. The second-order valence-corrected chi connectivity index (χ2v) is 8.09. The van der Waals surface area contributed by atoms with Crippen molar-refractivity contribution < 1.29 is 28.2 Å². The van der Waals surface area contributed by atoms with Crippen LogP contribution in [0.5, 0.6) is 0 Å². The molecule has 1 aromatic rings. The molecule has 3 rings (SSSR count). The van der Waals surface area contributed by atoms with E-state index in [9.17, 15) is 18.8 Å². The van der Waals surface area contributed by atoms with Gasteiger partial charge in [-0.1, -0.05) is 6.92 Å². The van der Waals surface area contributed by atoms with Gasteiger partial charge in [-0.25, -0.2) is 9.18 Å². The van der Waals surface area contributed by atoms with Crippen LogP contribution in [0.4, 0.5) is 20.6 Å². The van der Waals surface area contributed by atoms with Gasteiger partial charge in [-0.2, -0.15) is 0 Å². The number of methoxy groups -OCH3 is 1. The van der Waals surface area contributed by atoms with Gasteiger partial charge >= 0.3 is 6.09 Å². The van der Waals surface area contributed by atoms with Gasteiger partial charge in [-0.15, -0.1) is 0 Å². The highest BCUT2D eigenvalue weighted by molar-refractivity contribution is 5.90. The van der Waals surface area contributed by atoms with E-state index in [4.69, 9.17) is 9.47 Å². The molecule has 9 nitrogen and oxygen atoms in total. The second kappa shape index (κ2) is 9.51. The van der Waals surface area contributed by atoms with Crippen molar-refractivity contribution in [1.29, 1.82) is 0 Å². The molecule has 3 amide bonds. The molecule has 0 radical (unpaired) electrons. The number of likely N-dealkylation sites (N-methyl/N-ethyl adjacent to an activating group) is 1. The van der Waals surface area contributed by atoms with Gasteiger partial charge < -0.3 is 24.6 Å². The lowest BCUT2D eigenvalue weighted by Crippen LogP contribution is -2.38. The van der Waals surface area contributed by atoms with Crippen molar-refractivity contribution >= 4 is 29.3 Å². The normalized spacial score (nSPS) is 23.1. The molecular formula is C21H29FN4O5. The summed E-state index contributed by atoms with van der Waals surface area (Å²) in [5, 5.41) is 2.84. The van der Waals surface area contributed by atoms with Crippen LogP contribution in [-0.4, -0.2) is 76.0 Å². The molecule has 1 aromatic carbocycles. The number of cyclic esters (lactones) is 1. The molecule has 0 aliphatic carbocycles. The molecule has 2 heterocycles. The predicted molar refractivity (Wildman–Crippen MR) is 112 cm³/mol. The fourth-order valence-corrected chi connectivity index (χ4v) is 3.91. The van der Waals surface area contributed by atoms with E-state index in [1.165, 1.54) is 29.9 Å². The van der Waals surface area contributed by atoms with Crippen molar-refractivity contribution in [3.8, 4) is 0 Å². The van der Waals surface area contributed by atoms with Crippen LogP contribution in [0.1, 0.15) is 13.8 Å². The molecular weight excluding hydrogens is 407 g/mol. The number of rotatable bonds is 7. The largest absolute Gasteiger partial charge is 0.423 e. The number of nitrogens with zero attached hydrogens (tertiary/aromatic N) is 3. The number of nitrogens with one attached hydrogen (secondary N) is 1. The van der Waals surface area contributed by atoms with E-state index in [1.54, 1.807) is 19.2 Å². The fraction of sp³-hybridized carbons (Fsp3) is 0.571. The van der Waals surface area contributed by atoms with E-state index in [0.29, 0.717) is 31.0 Å². The number of hydrogen-bond acceptors (Lipinski definition) is 6. The van der Waals surface area contributed by atoms with Crippen LogP contribution in [-0.2, 0) is 19.1 Å². The van der Waals surface area contributed by atoms with Crippen molar-refractivity contribution in [3.05, 3.63) is 24.0 Å². The molecule has 2 fully saturated rings. The Balaban J connectivity index is 1.65. The van der Waals surface area contributed by atoms with Crippen molar-refractivity contribution in [1.82, 2.24) is 10.2 Å². The Kier molecular flexibility index (Phi) is 6.99. The van der Waals surface area contributed by atoms with Gasteiger partial charge in [-0.3, -0.25) is 14.5 Å². The van der Waals surface area contributed by atoms with Crippen LogP contribution in [0.25, 0.3) is 0 Å². The maximum absolute atomic E-state index is 15.0. The molecule has 170 valence electrons. The molecule has 0 saturated carbocycles. The average Bonchev–Trinajstić information content (AvgIpc) is 3.28. The second-order valence-electron chi connectivity index (χ2n) is 8.09. The first-order valence-corrected chi connectivity index (χ1v) is 10.2. The summed E-state index contributed by atoms with van der Waals surface area (Å²) >= 11 is 0. The minimum atomic E-state index is -0.707. The summed E-state index contributed by atoms with van der Waals surface area (Å²) in [5.41, 5.74) is 0.826. The van der Waals surface area contributed by atoms with Crippen molar-refractivity contribution in [3.63, 3.8) is 0 Å². The van der Waals surface area contributed by atoms with E-state index in [-0.39, 0.29) is 36.8 Å². The molecule has 1 unspecified atom stereocenters. The standard InChI is InChI=1S/C21H29FN4O5/c1-13-9-25(10-15(13)8-23-19(28)12-30-4)18-6-5-16(7-17(18)22)26-11-20(31-21(26)29)24(3)14(2)27/h5-7,13,15,20H,8-12H2,1-4H3,(H,23,28)/t13-,15-,20?/m0/s1. The predicted octanol–water partition coefficient (Wildman–Crippen LogP) is 1.42. The summed E-state index contributed by atoms with van der Waals surface area (Å²) in [6, 6.07) is 4.64. The molecule has 2 saturated heterocycles. The van der Waals surface area contributed by atoms with E-state index in [0.717, 1.165) is 0 Å². The van der Waals surface area contributed by atoms with Crippen molar-refractivity contribution in [2.45, 2.75) is 20.1 Å². The lowest BCUT2D eigenvalue weighted by atomic mass is 9.98. The zero-order valence-electron chi connectivity index (χ0n) is 18.3. The number of halogens is 1. The molecule has 2 aliphatic rings. The Hall–Kier alpha value is -2.88. The highest BCUT2D eigenvalue weighted by Crippen LogP contribution is 2.33. The van der Waals surface area contributed by atoms with Crippen molar-refractivity contribution in [2.24, 2.45) is 11.8 Å². The van der Waals surface area contributed by atoms with Gasteiger partial charge in [0.2, 0.25) is 11.8 Å². The molecule has 10 heteroatoms.